The van der Waals surface area contributed by atoms with E-state index in [4.69, 9.17) is 10.2 Å². The number of hydrogen-bond acceptors (Lipinski definition) is 4. The molecule has 0 spiro atoms. The van der Waals surface area contributed by atoms with Crippen molar-refractivity contribution in [3.05, 3.63) is 34.0 Å². The third kappa shape index (κ3) is 1.98. The number of thiophene rings is 2. The van der Waals surface area contributed by atoms with Gasteiger partial charge in [-0.2, -0.15) is 0 Å². The van der Waals surface area contributed by atoms with Crippen LogP contribution in [0.1, 0.15) is 19.3 Å². The first kappa shape index (κ1) is 10.8. The van der Waals surface area contributed by atoms with Crippen molar-refractivity contribution in [3.63, 3.8) is 0 Å². The van der Waals surface area contributed by atoms with Crippen LogP contribution < -0.4 is 0 Å². The zero-order valence-electron chi connectivity index (χ0n) is 7.89. The molecule has 0 aliphatic rings. The number of aromatic carboxylic acids is 1. The molecule has 0 aliphatic carbocycles. The maximum absolute atomic E-state index is 10.8. The molecule has 2 rings (SSSR count). The first-order valence-corrected chi connectivity index (χ1v) is 5.90. The molecule has 0 aliphatic heterocycles. The Morgan fingerprint density at radius 2 is 1.50 bits per heavy atom. The average Bonchev–Trinajstić information content (AvgIpc) is 2.86. The number of carbonyl (C=O) groups excluding carboxylic acids is 1. The highest BCUT2D eigenvalue weighted by Crippen LogP contribution is 2.33. The molecule has 4 nitrogen and oxygen atoms in total. The van der Waals surface area contributed by atoms with Crippen LogP contribution in [0.15, 0.2) is 24.3 Å². The molecule has 0 aromatic carbocycles. The summed E-state index contributed by atoms with van der Waals surface area (Å²) in [6, 6.07) is 6.54. The minimum atomic E-state index is -0.954. The Kier molecular flexibility index (Phi) is 2.76. The van der Waals surface area contributed by atoms with E-state index in [0.29, 0.717) is 4.88 Å². The van der Waals surface area contributed by atoms with E-state index < -0.39 is 11.9 Å². The summed E-state index contributed by atoms with van der Waals surface area (Å²) in [6.07, 6.45) is 0. The van der Waals surface area contributed by atoms with Crippen molar-refractivity contribution in [1.82, 2.24) is 0 Å². The van der Waals surface area contributed by atoms with Crippen molar-refractivity contribution in [3.8, 4) is 9.75 Å². The topological polar surface area (TPSA) is 77.3 Å². The standard InChI is InChI=1S/C10H6O4S2/c11-9(12)7-3-1-5(15-7)6-2-4-8(16-6)10(13)14/h1-4H,(H,11,12)(H,13,14)/p+1. The lowest BCUT2D eigenvalue weighted by Gasteiger charge is -1.87. The van der Waals surface area contributed by atoms with E-state index in [0.717, 1.165) is 21.1 Å². The summed E-state index contributed by atoms with van der Waals surface area (Å²) < 4.78 is 0. The van der Waals surface area contributed by atoms with Crippen LogP contribution in [-0.2, 0) is 0 Å². The maximum atomic E-state index is 10.8. The Balaban J connectivity index is 2.35. The lowest BCUT2D eigenvalue weighted by molar-refractivity contribution is 0.0691. The second-order valence-electron chi connectivity index (χ2n) is 2.96. The summed E-state index contributed by atoms with van der Waals surface area (Å²) in [4.78, 5) is 23.7. The van der Waals surface area contributed by atoms with Gasteiger partial charge in [-0.15, -0.1) is 22.7 Å². The first-order valence-electron chi connectivity index (χ1n) is 4.27. The molecular weight excluding hydrogens is 248 g/mol. The van der Waals surface area contributed by atoms with E-state index in [9.17, 15) is 9.59 Å². The lowest BCUT2D eigenvalue weighted by Crippen LogP contribution is -1.89. The number of carboxylic acid groups (broad SMARTS) is 1. The highest BCUT2D eigenvalue weighted by atomic mass is 32.1. The highest BCUT2D eigenvalue weighted by molar-refractivity contribution is 7.23. The van der Waals surface area contributed by atoms with Gasteiger partial charge in [0.15, 0.2) is 4.88 Å². The van der Waals surface area contributed by atoms with Gasteiger partial charge >= 0.3 is 11.9 Å². The molecule has 16 heavy (non-hydrogen) atoms. The molecule has 82 valence electrons. The van der Waals surface area contributed by atoms with Crippen molar-refractivity contribution in [2.75, 3.05) is 0 Å². The molecule has 0 unspecified atom stereocenters. The third-order valence-electron chi connectivity index (χ3n) is 1.89. The van der Waals surface area contributed by atoms with Crippen LogP contribution in [0.5, 0.6) is 0 Å². The fourth-order valence-electron chi connectivity index (χ4n) is 1.18. The molecule has 0 radical (unpaired) electrons. The number of rotatable bonds is 3. The van der Waals surface area contributed by atoms with Crippen LogP contribution >= 0.6 is 22.7 Å². The molecule has 0 bridgehead atoms. The predicted molar refractivity (Wildman–Crippen MR) is 62.5 cm³/mol. The van der Waals surface area contributed by atoms with Gasteiger partial charge < -0.3 is 10.2 Å². The second-order valence-corrected chi connectivity index (χ2v) is 5.13. The van der Waals surface area contributed by atoms with Gasteiger partial charge in [-0.05, 0) is 24.3 Å². The lowest BCUT2D eigenvalue weighted by atomic mass is 10.3. The van der Waals surface area contributed by atoms with Crippen molar-refractivity contribution in [2.24, 2.45) is 0 Å². The summed E-state index contributed by atoms with van der Waals surface area (Å²) in [6.45, 7) is 0. The zero-order valence-corrected chi connectivity index (χ0v) is 9.52. The SMILES string of the molecule is O=C(O)c1ccc(-c2ccc(C(=O)[OH2+])s2)s1. The van der Waals surface area contributed by atoms with Crippen LogP contribution in [0, 0.1) is 0 Å². The number of hydrogen-bond donors (Lipinski definition) is 1. The van der Waals surface area contributed by atoms with Gasteiger partial charge in [0.25, 0.3) is 0 Å². The summed E-state index contributed by atoms with van der Waals surface area (Å²) >= 11 is 2.36. The van der Waals surface area contributed by atoms with Crippen LogP contribution in [0.2, 0.25) is 0 Å². The largest absolute Gasteiger partial charge is 0.560 e. The zero-order chi connectivity index (χ0) is 11.7. The third-order valence-corrected chi connectivity index (χ3v) is 4.24. The first-order chi connectivity index (χ1) is 7.58. The van der Waals surface area contributed by atoms with Gasteiger partial charge in [0, 0.05) is 14.5 Å². The van der Waals surface area contributed by atoms with Crippen LogP contribution in [-0.4, -0.2) is 22.2 Å². The van der Waals surface area contributed by atoms with Crippen LogP contribution in [0.25, 0.3) is 9.75 Å². The minimum absolute atomic E-state index is 0.266. The summed E-state index contributed by atoms with van der Waals surface area (Å²) in [5.74, 6) is -1.67. The summed E-state index contributed by atoms with van der Waals surface area (Å²) in [7, 11) is 0. The number of carboxylic acids is 1. The van der Waals surface area contributed by atoms with Crippen LogP contribution in [0.4, 0.5) is 0 Å². The molecular formula is C10H7O4S2+. The fraction of sp³-hybridized carbons (Fsp3) is 0. The molecule has 3 N–H and O–H groups in total. The van der Waals surface area contributed by atoms with Crippen molar-refractivity contribution in [2.45, 2.75) is 0 Å². The van der Waals surface area contributed by atoms with Gasteiger partial charge in [-0.1, -0.05) is 0 Å². The van der Waals surface area contributed by atoms with E-state index in [2.05, 4.69) is 0 Å². The molecule has 0 saturated carbocycles. The maximum Gasteiger partial charge on any atom is 0.559 e. The molecule has 6 heteroatoms. The molecule has 2 aromatic heterocycles. The Hall–Kier alpha value is -1.66. The smallest absolute Gasteiger partial charge is 0.559 e. The molecule has 0 fully saturated rings. The Morgan fingerprint density at radius 3 is 1.88 bits per heavy atom. The van der Waals surface area contributed by atoms with E-state index in [1.54, 1.807) is 18.2 Å². The van der Waals surface area contributed by atoms with E-state index >= 15 is 0 Å². The van der Waals surface area contributed by atoms with E-state index in [1.165, 1.54) is 17.4 Å². The van der Waals surface area contributed by atoms with Gasteiger partial charge in [-0.25, -0.2) is 4.79 Å². The Morgan fingerprint density at radius 1 is 1.00 bits per heavy atom. The molecule has 2 aromatic rings. The minimum Gasteiger partial charge on any atom is -0.560 e. The number of carbonyl (C=O) groups is 2. The summed E-state index contributed by atoms with van der Waals surface area (Å²) in [5.41, 5.74) is 0. The van der Waals surface area contributed by atoms with Crippen molar-refractivity contribution < 1.29 is 19.8 Å². The van der Waals surface area contributed by atoms with E-state index in [-0.39, 0.29) is 4.88 Å². The van der Waals surface area contributed by atoms with Crippen molar-refractivity contribution in [1.29, 1.82) is 0 Å². The Labute approximate surface area is 98.4 Å². The van der Waals surface area contributed by atoms with Gasteiger partial charge in [0.2, 0.25) is 0 Å². The predicted octanol–water partition coefficient (Wildman–Crippen LogP) is 2.04. The molecule has 0 saturated heterocycles. The Bertz CT molecular complexity index is 502. The van der Waals surface area contributed by atoms with Crippen molar-refractivity contribution >= 4 is 34.6 Å². The highest BCUT2D eigenvalue weighted by Gasteiger charge is 2.16. The van der Waals surface area contributed by atoms with E-state index in [1.807, 2.05) is 0 Å². The monoisotopic (exact) mass is 255 g/mol. The second kappa shape index (κ2) is 4.07. The molecule has 0 atom stereocenters. The molecule has 2 heterocycles. The average molecular weight is 255 g/mol. The normalized spacial score (nSPS) is 10.2. The van der Waals surface area contributed by atoms with Gasteiger partial charge in [0.05, 0.1) is 0 Å². The fourth-order valence-corrected chi connectivity index (χ4v) is 2.96. The van der Waals surface area contributed by atoms with Crippen LogP contribution in [0.3, 0.4) is 0 Å². The molecule has 0 amide bonds. The van der Waals surface area contributed by atoms with Gasteiger partial charge in [0.1, 0.15) is 4.88 Å². The van der Waals surface area contributed by atoms with Gasteiger partial charge in [-0.3, -0.25) is 0 Å². The quantitative estimate of drug-likeness (QED) is 0.852. The summed E-state index contributed by atoms with van der Waals surface area (Å²) in [5, 5.41) is 15.7.